The minimum Gasteiger partial charge on any atom is -0.351 e. The number of sulfonamides is 1. The Morgan fingerprint density at radius 1 is 1.15 bits per heavy atom. The number of hydrogen-bond acceptors (Lipinski definition) is 4. The van der Waals surface area contributed by atoms with Crippen LogP contribution in [0.5, 0.6) is 0 Å². The number of carbonyl (C=O) groups is 1. The van der Waals surface area contributed by atoms with Gasteiger partial charge in [0, 0.05) is 50.3 Å². The zero-order chi connectivity index (χ0) is 19.0. The van der Waals surface area contributed by atoms with Gasteiger partial charge in [-0.25, -0.2) is 13.4 Å². The number of para-hydroxylation sites is 1. The van der Waals surface area contributed by atoms with Crippen LogP contribution in [0.15, 0.2) is 47.9 Å². The Labute approximate surface area is 157 Å². The highest BCUT2D eigenvalue weighted by Gasteiger charge is 2.30. The van der Waals surface area contributed by atoms with Gasteiger partial charge in [0.15, 0.2) is 5.03 Å². The van der Waals surface area contributed by atoms with Crippen molar-refractivity contribution in [3.63, 3.8) is 0 Å². The van der Waals surface area contributed by atoms with Crippen LogP contribution in [-0.4, -0.2) is 64.2 Å². The predicted molar refractivity (Wildman–Crippen MR) is 101 cm³/mol. The molecule has 0 aliphatic carbocycles. The van der Waals surface area contributed by atoms with E-state index in [1.165, 1.54) is 16.8 Å². The number of H-pyrrole nitrogens is 1. The van der Waals surface area contributed by atoms with E-state index in [4.69, 9.17) is 0 Å². The van der Waals surface area contributed by atoms with Gasteiger partial charge in [-0.05, 0) is 18.6 Å². The lowest BCUT2D eigenvalue weighted by Crippen LogP contribution is -2.37. The summed E-state index contributed by atoms with van der Waals surface area (Å²) in [7, 11) is -1.91. The van der Waals surface area contributed by atoms with Crippen LogP contribution in [0.4, 0.5) is 0 Å². The molecule has 1 aromatic carbocycles. The van der Waals surface area contributed by atoms with Gasteiger partial charge in [-0.2, -0.15) is 4.31 Å². The molecule has 8 nitrogen and oxygen atoms in total. The number of nitrogens with zero attached hydrogens (tertiary/aromatic N) is 4. The molecular formula is C18H21N5O3S. The highest BCUT2D eigenvalue weighted by Crippen LogP contribution is 2.19. The maximum Gasteiger partial charge on any atom is 0.270 e. The van der Waals surface area contributed by atoms with Crippen molar-refractivity contribution in [1.82, 2.24) is 23.7 Å². The molecule has 0 radical (unpaired) electrons. The molecule has 0 atom stereocenters. The topological polar surface area (TPSA) is 91.3 Å². The largest absolute Gasteiger partial charge is 0.351 e. The van der Waals surface area contributed by atoms with Gasteiger partial charge >= 0.3 is 0 Å². The first-order valence-electron chi connectivity index (χ1n) is 8.80. The zero-order valence-electron chi connectivity index (χ0n) is 15.0. The summed E-state index contributed by atoms with van der Waals surface area (Å²) in [6, 6.07) is 9.56. The number of rotatable bonds is 3. The first-order chi connectivity index (χ1) is 12.9. The number of aromatic nitrogens is 3. The minimum absolute atomic E-state index is 0.0420. The molecule has 0 spiro atoms. The summed E-state index contributed by atoms with van der Waals surface area (Å²) in [6.45, 7) is 1.49. The van der Waals surface area contributed by atoms with E-state index in [2.05, 4.69) is 9.97 Å². The van der Waals surface area contributed by atoms with Crippen LogP contribution in [0.1, 0.15) is 16.9 Å². The van der Waals surface area contributed by atoms with Crippen LogP contribution in [0, 0.1) is 0 Å². The van der Waals surface area contributed by atoms with E-state index in [1.807, 2.05) is 30.3 Å². The Bertz CT molecular complexity index is 1050. The van der Waals surface area contributed by atoms with E-state index >= 15 is 0 Å². The fourth-order valence-electron chi connectivity index (χ4n) is 3.35. The number of nitrogens with one attached hydrogen (secondary N) is 1. The monoisotopic (exact) mass is 387 g/mol. The van der Waals surface area contributed by atoms with Crippen molar-refractivity contribution in [3.05, 3.63) is 48.5 Å². The summed E-state index contributed by atoms with van der Waals surface area (Å²) >= 11 is 0. The molecule has 0 saturated carbocycles. The Hall–Kier alpha value is -2.65. The summed E-state index contributed by atoms with van der Waals surface area (Å²) in [6.07, 6.45) is 3.54. The Kier molecular flexibility index (Phi) is 4.48. The van der Waals surface area contributed by atoms with Gasteiger partial charge in [-0.15, -0.1) is 0 Å². The van der Waals surface area contributed by atoms with Crippen molar-refractivity contribution >= 4 is 26.8 Å². The normalized spacial score (nSPS) is 16.6. The summed E-state index contributed by atoms with van der Waals surface area (Å²) in [5.41, 5.74) is 1.44. The average Bonchev–Trinajstić information content (AvgIpc) is 3.20. The van der Waals surface area contributed by atoms with Crippen LogP contribution in [0.25, 0.3) is 10.9 Å². The second kappa shape index (κ2) is 6.82. The molecule has 1 fully saturated rings. The SMILES string of the molecule is Cn1cnc(S(=O)(=O)N2CCCN(C(=O)c3cc4ccccc4[nH]3)CC2)c1. The highest BCUT2D eigenvalue weighted by molar-refractivity contribution is 7.89. The van der Waals surface area contributed by atoms with Gasteiger partial charge in [0.05, 0.1) is 6.33 Å². The maximum atomic E-state index is 12.9. The third kappa shape index (κ3) is 3.35. The van der Waals surface area contributed by atoms with E-state index in [0.29, 0.717) is 31.7 Å². The van der Waals surface area contributed by atoms with Gasteiger partial charge in [0.1, 0.15) is 5.69 Å². The minimum atomic E-state index is -3.64. The number of amides is 1. The fourth-order valence-corrected chi connectivity index (χ4v) is 4.79. The van der Waals surface area contributed by atoms with E-state index < -0.39 is 10.0 Å². The molecule has 3 aromatic rings. The summed E-state index contributed by atoms with van der Waals surface area (Å²) < 4.78 is 28.5. The fraction of sp³-hybridized carbons (Fsp3) is 0.333. The van der Waals surface area contributed by atoms with Crippen molar-refractivity contribution < 1.29 is 13.2 Å². The number of imidazole rings is 1. The standard InChI is InChI=1S/C18H21N5O3S/c1-21-12-17(19-13-21)27(25,26)23-8-4-7-22(9-10-23)18(24)16-11-14-5-2-3-6-15(14)20-16/h2-3,5-6,11-13,20H,4,7-10H2,1H3. The maximum absolute atomic E-state index is 12.9. The summed E-state index contributed by atoms with van der Waals surface area (Å²) in [4.78, 5) is 21.7. The average molecular weight is 387 g/mol. The van der Waals surface area contributed by atoms with Gasteiger partial charge < -0.3 is 14.5 Å². The van der Waals surface area contributed by atoms with Gasteiger partial charge in [0.25, 0.3) is 15.9 Å². The molecule has 1 amide bonds. The molecule has 142 valence electrons. The van der Waals surface area contributed by atoms with Crippen molar-refractivity contribution in [2.45, 2.75) is 11.4 Å². The van der Waals surface area contributed by atoms with Crippen molar-refractivity contribution in [2.75, 3.05) is 26.2 Å². The molecule has 2 aromatic heterocycles. The third-order valence-corrected chi connectivity index (χ3v) is 6.57. The van der Waals surface area contributed by atoms with Gasteiger partial charge in [-0.3, -0.25) is 4.79 Å². The van der Waals surface area contributed by atoms with Crippen molar-refractivity contribution in [1.29, 1.82) is 0 Å². The van der Waals surface area contributed by atoms with E-state index in [1.54, 1.807) is 16.5 Å². The summed E-state index contributed by atoms with van der Waals surface area (Å²) in [5, 5.41) is 1.02. The Morgan fingerprint density at radius 2 is 1.96 bits per heavy atom. The number of aromatic amines is 1. The number of fused-ring (bicyclic) bond motifs is 1. The van der Waals surface area contributed by atoms with Gasteiger partial charge in [-0.1, -0.05) is 18.2 Å². The zero-order valence-corrected chi connectivity index (χ0v) is 15.8. The molecule has 9 heteroatoms. The molecule has 1 aliphatic rings. The molecule has 0 bridgehead atoms. The second-order valence-electron chi connectivity index (χ2n) is 6.70. The molecule has 27 heavy (non-hydrogen) atoms. The lowest BCUT2D eigenvalue weighted by molar-refractivity contribution is 0.0759. The lowest BCUT2D eigenvalue weighted by Gasteiger charge is -2.21. The lowest BCUT2D eigenvalue weighted by atomic mass is 10.2. The van der Waals surface area contributed by atoms with Crippen LogP contribution in [-0.2, 0) is 17.1 Å². The first kappa shape index (κ1) is 17.7. The Balaban J connectivity index is 1.50. The smallest absolute Gasteiger partial charge is 0.270 e. The molecule has 1 aliphatic heterocycles. The highest BCUT2D eigenvalue weighted by atomic mass is 32.2. The van der Waals surface area contributed by atoms with Crippen molar-refractivity contribution in [3.8, 4) is 0 Å². The third-order valence-electron chi connectivity index (χ3n) is 4.79. The first-order valence-corrected chi connectivity index (χ1v) is 10.2. The number of benzene rings is 1. The number of aryl methyl sites for hydroxylation is 1. The number of hydrogen-bond donors (Lipinski definition) is 1. The van der Waals surface area contributed by atoms with Crippen LogP contribution in [0.2, 0.25) is 0 Å². The quantitative estimate of drug-likeness (QED) is 0.736. The number of carbonyl (C=O) groups excluding carboxylic acids is 1. The van der Waals surface area contributed by atoms with Crippen LogP contribution >= 0.6 is 0 Å². The van der Waals surface area contributed by atoms with E-state index in [-0.39, 0.29) is 17.5 Å². The van der Waals surface area contributed by atoms with Gasteiger partial charge in [0.2, 0.25) is 0 Å². The molecule has 3 heterocycles. The van der Waals surface area contributed by atoms with E-state index in [9.17, 15) is 13.2 Å². The van der Waals surface area contributed by atoms with E-state index in [0.717, 1.165) is 10.9 Å². The van der Waals surface area contributed by atoms with Crippen LogP contribution in [0.3, 0.4) is 0 Å². The van der Waals surface area contributed by atoms with Crippen LogP contribution < -0.4 is 0 Å². The Morgan fingerprint density at radius 3 is 2.70 bits per heavy atom. The summed E-state index contributed by atoms with van der Waals surface area (Å²) in [5.74, 6) is -0.108. The predicted octanol–water partition coefficient (Wildman–Crippen LogP) is 1.44. The molecule has 1 saturated heterocycles. The molecular weight excluding hydrogens is 366 g/mol. The molecule has 4 rings (SSSR count). The molecule has 0 unspecified atom stereocenters. The second-order valence-corrected chi connectivity index (χ2v) is 8.58. The molecule has 1 N–H and O–H groups in total. The van der Waals surface area contributed by atoms with Crippen molar-refractivity contribution in [2.24, 2.45) is 7.05 Å².